The summed E-state index contributed by atoms with van der Waals surface area (Å²) < 4.78 is 19.1. The highest BCUT2D eigenvalue weighted by Crippen LogP contribution is 2.39. The second-order valence-corrected chi connectivity index (χ2v) is 9.39. The van der Waals surface area contributed by atoms with Crippen LogP contribution in [0.3, 0.4) is 0 Å². The number of carbonyl (C=O) groups is 2. The molecule has 5 nitrogen and oxygen atoms in total. The number of ether oxygens (including phenoxy) is 1. The summed E-state index contributed by atoms with van der Waals surface area (Å²) in [4.78, 5) is 33.0. The molecule has 1 aliphatic heterocycles. The summed E-state index contributed by atoms with van der Waals surface area (Å²) in [6.45, 7) is 11.4. The number of aryl methyl sites for hydroxylation is 2. The number of carbonyl (C=O) groups excluding carboxylic acids is 2. The summed E-state index contributed by atoms with van der Waals surface area (Å²) in [6, 6.07) is 4.26. The van der Waals surface area contributed by atoms with Crippen molar-refractivity contribution in [3.8, 4) is 0 Å². The predicted molar refractivity (Wildman–Crippen MR) is 111 cm³/mol. The lowest BCUT2D eigenvalue weighted by atomic mass is 9.87. The molecule has 1 aromatic carbocycles. The van der Waals surface area contributed by atoms with Crippen LogP contribution in [-0.2, 0) is 14.9 Å². The molecule has 0 radical (unpaired) electrons. The Labute approximate surface area is 174 Å². The van der Waals surface area contributed by atoms with Crippen molar-refractivity contribution in [3.63, 3.8) is 0 Å². The van der Waals surface area contributed by atoms with E-state index >= 15 is 0 Å². The third-order valence-corrected chi connectivity index (χ3v) is 5.70. The van der Waals surface area contributed by atoms with Crippen molar-refractivity contribution in [3.05, 3.63) is 56.9 Å². The van der Waals surface area contributed by atoms with Gasteiger partial charge in [0.25, 0.3) is 5.91 Å². The predicted octanol–water partition coefficient (Wildman–Crippen LogP) is 4.63. The lowest BCUT2D eigenvalue weighted by Crippen LogP contribution is -2.37. The monoisotopic (exact) mass is 416 g/mol. The Kier molecular flexibility index (Phi) is 5.63. The van der Waals surface area contributed by atoms with Gasteiger partial charge in [0, 0.05) is 23.7 Å². The average Bonchev–Trinajstić information content (AvgIpc) is 2.97. The normalized spacial score (nSPS) is 15.6. The van der Waals surface area contributed by atoms with E-state index in [0.29, 0.717) is 23.2 Å². The van der Waals surface area contributed by atoms with Gasteiger partial charge in [0.05, 0.1) is 27.3 Å². The van der Waals surface area contributed by atoms with E-state index in [-0.39, 0.29) is 17.8 Å². The lowest BCUT2D eigenvalue weighted by molar-refractivity contribution is -0.140. The van der Waals surface area contributed by atoms with Crippen LogP contribution in [0.15, 0.2) is 24.4 Å². The van der Waals surface area contributed by atoms with Crippen molar-refractivity contribution < 1.29 is 18.7 Å². The van der Waals surface area contributed by atoms with Gasteiger partial charge in [-0.25, -0.2) is 14.2 Å². The molecule has 0 saturated carbocycles. The van der Waals surface area contributed by atoms with Gasteiger partial charge < -0.3 is 9.64 Å². The minimum Gasteiger partial charge on any atom is -0.459 e. The standard InChI is InChI=1S/C22H25FN2O3S/c1-12(2)28-21(27)16-10-25(20(26)15-7-8-17(23)13(3)9-15)11-22(5,6)19-18(16)29-14(4)24-19/h7-10,12H,11H2,1-6H3. The number of halogens is 1. The molecule has 7 heteroatoms. The fourth-order valence-electron chi connectivity index (χ4n) is 3.33. The van der Waals surface area contributed by atoms with Gasteiger partial charge in [-0.15, -0.1) is 11.3 Å². The first-order valence-electron chi connectivity index (χ1n) is 9.48. The molecule has 1 aliphatic rings. The van der Waals surface area contributed by atoms with E-state index < -0.39 is 11.4 Å². The van der Waals surface area contributed by atoms with Crippen molar-refractivity contribution in [2.24, 2.45) is 0 Å². The number of benzene rings is 1. The SMILES string of the molecule is Cc1nc2c(s1)C(C(=O)OC(C)C)=CN(C(=O)c1ccc(F)c(C)c1)CC2(C)C. The minimum absolute atomic E-state index is 0.291. The number of hydrogen-bond donors (Lipinski definition) is 0. The zero-order chi connectivity index (χ0) is 21.5. The second kappa shape index (κ2) is 7.71. The van der Waals surface area contributed by atoms with Gasteiger partial charge >= 0.3 is 5.97 Å². The molecule has 0 N–H and O–H groups in total. The molecule has 154 valence electrons. The topological polar surface area (TPSA) is 59.5 Å². The van der Waals surface area contributed by atoms with Crippen LogP contribution in [0.1, 0.15) is 59.2 Å². The maximum Gasteiger partial charge on any atom is 0.341 e. The number of nitrogens with zero attached hydrogens (tertiary/aromatic N) is 2. The molecule has 2 heterocycles. The first-order chi connectivity index (χ1) is 13.5. The number of thiazole rings is 1. The summed E-state index contributed by atoms with van der Waals surface area (Å²) in [6.07, 6.45) is 1.26. The zero-order valence-electron chi connectivity index (χ0n) is 17.5. The van der Waals surface area contributed by atoms with Crippen molar-refractivity contribution in [2.75, 3.05) is 6.54 Å². The number of aromatic nitrogens is 1. The molecule has 0 bridgehead atoms. The maximum absolute atomic E-state index is 13.7. The highest BCUT2D eigenvalue weighted by atomic mass is 32.1. The summed E-state index contributed by atoms with van der Waals surface area (Å²) in [5.74, 6) is -1.16. The van der Waals surface area contributed by atoms with E-state index in [1.54, 1.807) is 27.0 Å². The van der Waals surface area contributed by atoms with E-state index in [1.165, 1.54) is 34.4 Å². The molecular formula is C22H25FN2O3S. The number of hydrogen-bond acceptors (Lipinski definition) is 5. The molecule has 0 saturated heterocycles. The van der Waals surface area contributed by atoms with Crippen LogP contribution in [-0.4, -0.2) is 34.4 Å². The van der Waals surface area contributed by atoms with Crippen molar-refractivity contribution in [1.82, 2.24) is 9.88 Å². The highest BCUT2D eigenvalue weighted by molar-refractivity contribution is 7.13. The van der Waals surface area contributed by atoms with Gasteiger partial charge in [-0.3, -0.25) is 4.79 Å². The Hall–Kier alpha value is -2.54. The van der Waals surface area contributed by atoms with Crippen LogP contribution in [0.25, 0.3) is 5.57 Å². The van der Waals surface area contributed by atoms with Gasteiger partial charge in [0.15, 0.2) is 0 Å². The highest BCUT2D eigenvalue weighted by Gasteiger charge is 2.37. The summed E-state index contributed by atoms with van der Waals surface area (Å²) >= 11 is 1.42. The Morgan fingerprint density at radius 3 is 2.59 bits per heavy atom. The number of rotatable bonds is 3. The van der Waals surface area contributed by atoms with Crippen molar-refractivity contribution in [2.45, 2.75) is 53.1 Å². The van der Waals surface area contributed by atoms with Crippen LogP contribution >= 0.6 is 11.3 Å². The maximum atomic E-state index is 13.7. The number of fused-ring (bicyclic) bond motifs is 1. The summed E-state index contributed by atoms with van der Waals surface area (Å²) in [7, 11) is 0. The van der Waals surface area contributed by atoms with E-state index in [9.17, 15) is 14.0 Å². The fraction of sp³-hybridized carbons (Fsp3) is 0.409. The molecule has 1 aromatic heterocycles. The first-order valence-corrected chi connectivity index (χ1v) is 10.3. The van der Waals surface area contributed by atoms with Crippen LogP contribution in [0, 0.1) is 19.7 Å². The molecule has 0 aliphatic carbocycles. The van der Waals surface area contributed by atoms with Crippen LogP contribution in [0.4, 0.5) is 4.39 Å². The minimum atomic E-state index is -0.490. The average molecular weight is 417 g/mol. The van der Waals surface area contributed by atoms with E-state index in [2.05, 4.69) is 4.98 Å². The van der Waals surface area contributed by atoms with Crippen molar-refractivity contribution in [1.29, 1.82) is 0 Å². The Morgan fingerprint density at radius 1 is 1.28 bits per heavy atom. The zero-order valence-corrected chi connectivity index (χ0v) is 18.3. The molecular weight excluding hydrogens is 391 g/mol. The largest absolute Gasteiger partial charge is 0.459 e. The smallest absolute Gasteiger partial charge is 0.341 e. The van der Waals surface area contributed by atoms with Crippen LogP contribution in [0.2, 0.25) is 0 Å². The quantitative estimate of drug-likeness (QED) is 0.685. The Balaban J connectivity index is 2.11. The van der Waals surface area contributed by atoms with Gasteiger partial charge in [-0.05, 0) is 51.5 Å². The number of amides is 1. The van der Waals surface area contributed by atoms with E-state index in [4.69, 9.17) is 4.74 Å². The van der Waals surface area contributed by atoms with Gasteiger partial charge in [-0.1, -0.05) is 13.8 Å². The molecule has 3 rings (SSSR count). The van der Waals surface area contributed by atoms with Gasteiger partial charge in [0.1, 0.15) is 5.82 Å². The molecule has 0 fully saturated rings. The first kappa shape index (κ1) is 21.2. The Bertz CT molecular complexity index is 1010. The third kappa shape index (κ3) is 4.24. The van der Waals surface area contributed by atoms with Crippen LogP contribution < -0.4 is 0 Å². The van der Waals surface area contributed by atoms with Crippen LogP contribution in [0.5, 0.6) is 0 Å². The van der Waals surface area contributed by atoms with Gasteiger partial charge in [0.2, 0.25) is 0 Å². The molecule has 0 atom stereocenters. The molecule has 0 unspecified atom stereocenters. The number of esters is 1. The Morgan fingerprint density at radius 2 is 1.97 bits per heavy atom. The third-order valence-electron chi connectivity index (χ3n) is 4.70. The van der Waals surface area contributed by atoms with E-state index in [0.717, 1.165) is 15.6 Å². The fourth-order valence-corrected chi connectivity index (χ4v) is 4.42. The molecule has 29 heavy (non-hydrogen) atoms. The molecule has 0 spiro atoms. The lowest BCUT2D eigenvalue weighted by Gasteiger charge is -2.28. The summed E-state index contributed by atoms with van der Waals surface area (Å²) in [5.41, 5.74) is 1.36. The van der Waals surface area contributed by atoms with Crippen molar-refractivity contribution >= 4 is 28.8 Å². The molecule has 2 aromatic rings. The molecule has 1 amide bonds. The van der Waals surface area contributed by atoms with Gasteiger partial charge in [-0.2, -0.15) is 0 Å². The summed E-state index contributed by atoms with van der Waals surface area (Å²) in [5, 5.41) is 0.847. The van der Waals surface area contributed by atoms with E-state index in [1.807, 2.05) is 20.8 Å². The second-order valence-electron chi connectivity index (χ2n) is 8.19.